The molecule has 1 aromatic rings. The van der Waals surface area contributed by atoms with E-state index in [4.69, 9.17) is 9.84 Å². The SMILES string of the molecule is CCN(CC)S(=O)(=O)c1ccc(C)c(C(=O)N(CCOC)CC(=O)O)c1. The molecule has 0 saturated carbocycles. The van der Waals surface area contributed by atoms with Crippen LogP contribution in [0.2, 0.25) is 0 Å². The summed E-state index contributed by atoms with van der Waals surface area (Å²) in [5, 5.41) is 9.03. The van der Waals surface area contributed by atoms with Crippen molar-refractivity contribution in [2.24, 2.45) is 0 Å². The first-order chi connectivity index (χ1) is 12.2. The maximum absolute atomic E-state index is 12.8. The van der Waals surface area contributed by atoms with Gasteiger partial charge in [-0.05, 0) is 24.6 Å². The summed E-state index contributed by atoms with van der Waals surface area (Å²) < 4.78 is 31.6. The molecule has 0 atom stereocenters. The van der Waals surface area contributed by atoms with Gasteiger partial charge in [-0.1, -0.05) is 19.9 Å². The van der Waals surface area contributed by atoms with Crippen LogP contribution < -0.4 is 0 Å². The van der Waals surface area contributed by atoms with Crippen LogP contribution in [0.4, 0.5) is 0 Å². The summed E-state index contributed by atoms with van der Waals surface area (Å²) in [5.74, 6) is -1.70. The summed E-state index contributed by atoms with van der Waals surface area (Å²) in [6.45, 7) is 5.56. The normalized spacial score (nSPS) is 11.6. The Hall–Kier alpha value is -1.97. The Kier molecular flexibility index (Phi) is 8.19. The van der Waals surface area contributed by atoms with E-state index in [9.17, 15) is 18.0 Å². The summed E-state index contributed by atoms with van der Waals surface area (Å²) in [6, 6.07) is 4.32. The van der Waals surface area contributed by atoms with Crippen LogP contribution in [0, 0.1) is 6.92 Å². The van der Waals surface area contributed by atoms with Crippen molar-refractivity contribution in [1.82, 2.24) is 9.21 Å². The number of carbonyl (C=O) groups is 2. The van der Waals surface area contributed by atoms with Gasteiger partial charge in [-0.25, -0.2) is 8.42 Å². The number of carboxylic acids is 1. The molecule has 8 nitrogen and oxygen atoms in total. The highest BCUT2D eigenvalue weighted by atomic mass is 32.2. The first kappa shape index (κ1) is 22.1. The summed E-state index contributed by atoms with van der Waals surface area (Å²) in [5.41, 5.74) is 0.733. The van der Waals surface area contributed by atoms with Gasteiger partial charge >= 0.3 is 5.97 Å². The molecule has 1 N–H and O–H groups in total. The average Bonchev–Trinajstić information content (AvgIpc) is 2.58. The maximum Gasteiger partial charge on any atom is 0.323 e. The summed E-state index contributed by atoms with van der Waals surface area (Å²) >= 11 is 0. The van der Waals surface area contributed by atoms with Crippen molar-refractivity contribution in [1.29, 1.82) is 0 Å². The third-order valence-corrected chi connectivity index (χ3v) is 6.01. The molecule has 0 unspecified atom stereocenters. The number of aliphatic carboxylic acids is 1. The molecular formula is C17H26N2O6S. The molecular weight excluding hydrogens is 360 g/mol. The molecule has 1 amide bonds. The number of ether oxygens (including phenoxy) is 1. The molecule has 0 fully saturated rings. The second kappa shape index (κ2) is 9.65. The van der Waals surface area contributed by atoms with Crippen LogP contribution in [0.3, 0.4) is 0 Å². The van der Waals surface area contributed by atoms with E-state index in [-0.39, 0.29) is 23.6 Å². The minimum absolute atomic E-state index is 0.0113. The lowest BCUT2D eigenvalue weighted by atomic mass is 10.1. The highest BCUT2D eigenvalue weighted by Gasteiger charge is 2.25. The molecule has 0 aliphatic carbocycles. The third kappa shape index (κ3) is 5.26. The largest absolute Gasteiger partial charge is 0.480 e. The topological polar surface area (TPSA) is 104 Å². The molecule has 1 rings (SSSR count). The molecule has 0 radical (unpaired) electrons. The second-order valence-corrected chi connectivity index (χ2v) is 7.62. The molecule has 9 heteroatoms. The van der Waals surface area contributed by atoms with Gasteiger partial charge in [0.05, 0.1) is 11.5 Å². The molecule has 146 valence electrons. The summed E-state index contributed by atoms with van der Waals surface area (Å²) in [4.78, 5) is 25.0. The van der Waals surface area contributed by atoms with E-state index in [0.717, 1.165) is 4.90 Å². The summed E-state index contributed by atoms with van der Waals surface area (Å²) in [6.07, 6.45) is 0. The molecule has 26 heavy (non-hydrogen) atoms. The number of methoxy groups -OCH3 is 1. The highest BCUT2D eigenvalue weighted by molar-refractivity contribution is 7.89. The lowest BCUT2D eigenvalue weighted by Crippen LogP contribution is -2.38. The van der Waals surface area contributed by atoms with Crippen LogP contribution in [-0.2, 0) is 19.6 Å². The van der Waals surface area contributed by atoms with Crippen molar-refractivity contribution in [2.75, 3.05) is 39.9 Å². The third-order valence-electron chi connectivity index (χ3n) is 3.96. The number of aryl methyl sites for hydroxylation is 1. The van der Waals surface area contributed by atoms with Crippen LogP contribution in [0.5, 0.6) is 0 Å². The minimum Gasteiger partial charge on any atom is -0.480 e. The number of rotatable bonds is 10. The number of nitrogens with zero attached hydrogens (tertiary/aromatic N) is 2. The van der Waals surface area contributed by atoms with Crippen LogP contribution in [-0.4, -0.2) is 74.5 Å². The Bertz CT molecular complexity index is 744. The number of carbonyl (C=O) groups excluding carboxylic acids is 1. The molecule has 0 aromatic heterocycles. The van der Waals surface area contributed by atoms with Gasteiger partial charge in [0.25, 0.3) is 5.91 Å². The van der Waals surface area contributed by atoms with Crippen LogP contribution in [0.25, 0.3) is 0 Å². The van der Waals surface area contributed by atoms with Crippen LogP contribution in [0.15, 0.2) is 23.1 Å². The fraction of sp³-hybridized carbons (Fsp3) is 0.529. The first-order valence-corrected chi connectivity index (χ1v) is 9.73. The second-order valence-electron chi connectivity index (χ2n) is 5.68. The van der Waals surface area contributed by atoms with Gasteiger partial charge in [-0.15, -0.1) is 0 Å². The maximum atomic E-state index is 12.8. The Labute approximate surface area is 154 Å². The smallest absolute Gasteiger partial charge is 0.323 e. The summed E-state index contributed by atoms with van der Waals surface area (Å²) in [7, 11) is -2.27. The van der Waals surface area contributed by atoms with Gasteiger partial charge in [-0.3, -0.25) is 9.59 Å². The van der Waals surface area contributed by atoms with E-state index in [0.29, 0.717) is 18.7 Å². The van der Waals surface area contributed by atoms with Crippen molar-refractivity contribution >= 4 is 21.9 Å². The van der Waals surface area contributed by atoms with E-state index in [1.54, 1.807) is 26.8 Å². The van der Waals surface area contributed by atoms with Crippen molar-refractivity contribution < 1.29 is 27.9 Å². The number of hydrogen-bond acceptors (Lipinski definition) is 5. The van der Waals surface area contributed by atoms with E-state index >= 15 is 0 Å². The highest BCUT2D eigenvalue weighted by Crippen LogP contribution is 2.21. The van der Waals surface area contributed by atoms with Crippen molar-refractivity contribution in [2.45, 2.75) is 25.7 Å². The Morgan fingerprint density at radius 2 is 1.81 bits per heavy atom. The average molecular weight is 386 g/mol. The van der Waals surface area contributed by atoms with E-state index < -0.39 is 28.4 Å². The zero-order valence-corrected chi connectivity index (χ0v) is 16.4. The van der Waals surface area contributed by atoms with Crippen LogP contribution in [0.1, 0.15) is 29.8 Å². The fourth-order valence-electron chi connectivity index (χ4n) is 2.49. The lowest BCUT2D eigenvalue weighted by Gasteiger charge is -2.23. The van der Waals surface area contributed by atoms with Crippen molar-refractivity contribution in [3.05, 3.63) is 29.3 Å². The Morgan fingerprint density at radius 3 is 2.31 bits per heavy atom. The Balaban J connectivity index is 3.30. The molecule has 0 aliphatic heterocycles. The van der Waals surface area contributed by atoms with Gasteiger partial charge in [-0.2, -0.15) is 4.31 Å². The Morgan fingerprint density at radius 1 is 1.19 bits per heavy atom. The standard InChI is InChI=1S/C17H26N2O6S/c1-5-19(6-2)26(23,24)14-8-7-13(3)15(11-14)17(22)18(9-10-25-4)12-16(20)21/h7-8,11H,5-6,9-10,12H2,1-4H3,(H,20,21). The molecule has 0 saturated heterocycles. The molecule has 0 bridgehead atoms. The van der Waals surface area contributed by atoms with Gasteiger partial charge in [0, 0.05) is 32.3 Å². The van der Waals surface area contributed by atoms with Crippen molar-refractivity contribution in [3.8, 4) is 0 Å². The molecule has 0 heterocycles. The zero-order valence-electron chi connectivity index (χ0n) is 15.6. The van der Waals surface area contributed by atoms with Gasteiger partial charge in [0.15, 0.2) is 0 Å². The predicted molar refractivity (Wildman–Crippen MR) is 96.7 cm³/mol. The molecule has 0 spiro atoms. The van der Waals surface area contributed by atoms with Gasteiger partial charge in [0.1, 0.15) is 6.54 Å². The predicted octanol–water partition coefficient (Wildman–Crippen LogP) is 1.20. The monoisotopic (exact) mass is 386 g/mol. The number of hydrogen-bond donors (Lipinski definition) is 1. The number of amides is 1. The van der Waals surface area contributed by atoms with Gasteiger partial charge in [0.2, 0.25) is 10.0 Å². The first-order valence-electron chi connectivity index (χ1n) is 8.29. The molecule has 0 aliphatic rings. The number of benzene rings is 1. The van der Waals surface area contributed by atoms with E-state index in [2.05, 4.69) is 0 Å². The number of sulfonamides is 1. The van der Waals surface area contributed by atoms with Crippen LogP contribution >= 0.6 is 0 Å². The number of carboxylic acid groups (broad SMARTS) is 1. The molecule has 1 aromatic carbocycles. The minimum atomic E-state index is -3.72. The quantitative estimate of drug-likeness (QED) is 0.648. The van der Waals surface area contributed by atoms with Crippen molar-refractivity contribution in [3.63, 3.8) is 0 Å². The van der Waals surface area contributed by atoms with E-state index in [1.807, 2.05) is 0 Å². The van der Waals surface area contributed by atoms with E-state index in [1.165, 1.54) is 23.5 Å². The zero-order chi connectivity index (χ0) is 19.9. The lowest BCUT2D eigenvalue weighted by molar-refractivity contribution is -0.137. The fourth-order valence-corrected chi connectivity index (χ4v) is 3.98. The van der Waals surface area contributed by atoms with Gasteiger partial charge < -0.3 is 14.7 Å².